The van der Waals surface area contributed by atoms with Crippen molar-refractivity contribution in [1.29, 1.82) is 0 Å². The number of nitrogens with one attached hydrogen (secondary N) is 7. The number of pyridine rings is 2. The van der Waals surface area contributed by atoms with Gasteiger partial charge in [0.25, 0.3) is 11.8 Å². The van der Waals surface area contributed by atoms with E-state index in [4.69, 9.17) is 10.5 Å². The van der Waals surface area contributed by atoms with Gasteiger partial charge in [-0.1, -0.05) is 38.5 Å². The van der Waals surface area contributed by atoms with Crippen LogP contribution in [0.4, 0.5) is 31.7 Å². The number of benzene rings is 2. The van der Waals surface area contributed by atoms with Crippen LogP contribution in [0.25, 0.3) is 33.4 Å². The van der Waals surface area contributed by atoms with E-state index in [-0.39, 0.29) is 62.2 Å². The average molecular weight is 1040 g/mol. The topological polar surface area (TPSA) is 308 Å². The lowest BCUT2D eigenvalue weighted by Crippen LogP contribution is -2.54. The number of piperazine rings is 1. The Kier molecular flexibility index (Phi) is 19.0. The Morgan fingerprint density at radius 2 is 1.58 bits per heavy atom. The number of carbonyl (C=O) groups is 8. The van der Waals surface area contributed by atoms with Crippen LogP contribution >= 0.6 is 0 Å². The number of amides is 10. The zero-order valence-corrected chi connectivity index (χ0v) is 42.7. The Balaban J connectivity index is 0.892. The third-order valence-electron chi connectivity index (χ3n) is 12.7. The second-order valence-electron chi connectivity index (χ2n) is 18.6. The summed E-state index contributed by atoms with van der Waals surface area (Å²) < 4.78 is 5.69. The fourth-order valence-corrected chi connectivity index (χ4v) is 8.64. The molecule has 5 heterocycles. The molecule has 0 radical (unpaired) electrons. The zero-order chi connectivity index (χ0) is 54.1. The van der Waals surface area contributed by atoms with Crippen molar-refractivity contribution in [2.45, 2.75) is 78.0 Å². The van der Waals surface area contributed by atoms with Gasteiger partial charge in [0.05, 0.1) is 28.6 Å². The maximum Gasteiger partial charge on any atom is 0.410 e. The van der Waals surface area contributed by atoms with E-state index in [2.05, 4.69) is 56.7 Å². The molecule has 400 valence electrons. The quantitative estimate of drug-likeness (QED) is 0.0323. The largest absolute Gasteiger partial charge is 0.445 e. The number of hydrogen-bond acceptors (Lipinski definition) is 13. The lowest BCUT2D eigenvalue weighted by molar-refractivity contribution is -0.137. The molecule has 23 nitrogen and oxygen atoms in total. The van der Waals surface area contributed by atoms with Crippen LogP contribution in [0.1, 0.15) is 64.9 Å². The number of rotatable bonds is 23. The summed E-state index contributed by atoms with van der Waals surface area (Å²) in [6.07, 6.45) is 9.41. The van der Waals surface area contributed by atoms with Crippen molar-refractivity contribution in [3.8, 4) is 22.4 Å². The first-order chi connectivity index (χ1) is 36.6. The van der Waals surface area contributed by atoms with E-state index in [1.165, 1.54) is 12.2 Å². The van der Waals surface area contributed by atoms with Gasteiger partial charge in [-0.25, -0.2) is 19.4 Å². The number of fused-ring (bicyclic) bond motifs is 1. The maximum absolute atomic E-state index is 13.7. The molecule has 2 atom stereocenters. The standard InChI is InChI=1S/C53H64N14O9/c1-4-56-52(74)64-51-61-42-29-35(28-39(47(42)63-51)40-11-7-8-20-57-40)36-27-38(31-55-30-36)65-23-25-66(26-24-65)53(75)76-32-34-14-16-37(17-15-34)59-48(71)41(12-10-21-58-50(54)73)60-49(72)46(33(2)3)62-43(68)13-6-5-9-22-67-44(69)18-19-45(67)70/h7-8,11,14-20,27-31,33,41,46H,4-6,9-10,12-13,21-26,32H2,1-3H3,(H,59,71)(H,60,72)(H,62,68)(H3,54,58,73)(H3,56,61,63,64,74). The van der Waals surface area contributed by atoms with Gasteiger partial charge in [0.15, 0.2) is 0 Å². The normalized spacial score (nSPS) is 14.1. The van der Waals surface area contributed by atoms with E-state index in [0.717, 1.165) is 27.3 Å². The van der Waals surface area contributed by atoms with Crippen molar-refractivity contribution in [3.63, 3.8) is 0 Å². The molecule has 2 unspecified atom stereocenters. The van der Waals surface area contributed by atoms with Crippen molar-refractivity contribution in [3.05, 3.63) is 97.0 Å². The summed E-state index contributed by atoms with van der Waals surface area (Å²) in [5.74, 6) is -2.19. The zero-order valence-electron chi connectivity index (χ0n) is 42.7. The summed E-state index contributed by atoms with van der Waals surface area (Å²) in [4.78, 5) is 123. The summed E-state index contributed by atoms with van der Waals surface area (Å²) in [6, 6.07) is 15.3. The molecular weight excluding hydrogens is 977 g/mol. The minimum atomic E-state index is -1.05. The molecular formula is C53H64N14O9. The molecule has 76 heavy (non-hydrogen) atoms. The summed E-state index contributed by atoms with van der Waals surface area (Å²) in [7, 11) is 0. The number of nitrogens with two attached hydrogens (primary N) is 1. The number of aromatic amines is 1. The van der Waals surface area contributed by atoms with Gasteiger partial charge in [0.2, 0.25) is 23.7 Å². The van der Waals surface area contributed by atoms with Crippen LogP contribution in [0.3, 0.4) is 0 Å². The van der Waals surface area contributed by atoms with Crippen LogP contribution in [-0.4, -0.2) is 135 Å². The Hall–Kier alpha value is -8.89. The molecule has 0 saturated carbocycles. The van der Waals surface area contributed by atoms with Gasteiger partial charge in [-0.05, 0) is 92.1 Å². The van der Waals surface area contributed by atoms with Crippen LogP contribution in [0.15, 0.2) is 91.4 Å². The molecule has 5 aromatic rings. The molecule has 2 aliphatic rings. The summed E-state index contributed by atoms with van der Waals surface area (Å²) >= 11 is 0. The molecule has 0 aliphatic carbocycles. The van der Waals surface area contributed by atoms with Gasteiger partial charge in [0, 0.05) is 93.6 Å². The van der Waals surface area contributed by atoms with E-state index >= 15 is 0 Å². The Morgan fingerprint density at radius 3 is 2.28 bits per heavy atom. The minimum Gasteiger partial charge on any atom is -0.445 e. The van der Waals surface area contributed by atoms with Gasteiger partial charge in [-0.15, -0.1) is 0 Å². The molecule has 1 fully saturated rings. The van der Waals surface area contributed by atoms with Crippen molar-refractivity contribution < 1.29 is 43.1 Å². The average Bonchev–Trinajstić information content (AvgIpc) is 3.97. The summed E-state index contributed by atoms with van der Waals surface area (Å²) in [5, 5.41) is 16.3. The first-order valence-electron chi connectivity index (χ1n) is 25.3. The number of nitrogens with zero attached hydrogens (tertiary/aromatic N) is 6. The number of imidazole rings is 1. The third-order valence-corrected chi connectivity index (χ3v) is 12.7. The van der Waals surface area contributed by atoms with Crippen molar-refractivity contribution in [1.82, 2.24) is 51.0 Å². The second-order valence-corrected chi connectivity index (χ2v) is 18.6. The molecule has 0 bridgehead atoms. The molecule has 7 rings (SSSR count). The van der Waals surface area contributed by atoms with Gasteiger partial charge < -0.3 is 51.8 Å². The number of carbonyl (C=O) groups excluding carboxylic acids is 8. The Labute approximate surface area is 439 Å². The van der Waals surface area contributed by atoms with Crippen LogP contribution in [0.5, 0.6) is 0 Å². The van der Waals surface area contributed by atoms with Crippen LogP contribution < -0.4 is 42.5 Å². The number of imide groups is 1. The molecule has 10 amide bonds. The van der Waals surface area contributed by atoms with Crippen molar-refractivity contribution in [2.24, 2.45) is 11.7 Å². The first kappa shape index (κ1) is 54.9. The number of H-pyrrole nitrogens is 1. The highest BCUT2D eigenvalue weighted by atomic mass is 16.6. The highest BCUT2D eigenvalue weighted by Crippen LogP contribution is 2.34. The number of anilines is 3. The van der Waals surface area contributed by atoms with Crippen LogP contribution in [0.2, 0.25) is 0 Å². The SMILES string of the molecule is CCNC(=O)Nc1nc2c(-c3ccccn3)cc(-c3cncc(N4CCN(C(=O)OCc5ccc(NC(=O)C(CCCNC(N)=O)NC(=O)C(NC(=O)CCCCCN6C(=O)C=CC6=O)C(C)C)cc5)CC4)c3)cc2[nH]1. The van der Waals surface area contributed by atoms with Crippen LogP contribution in [0, 0.1) is 5.92 Å². The van der Waals surface area contributed by atoms with Gasteiger partial charge in [-0.2, -0.15) is 0 Å². The van der Waals surface area contributed by atoms with Gasteiger partial charge in [-0.3, -0.25) is 44.2 Å². The molecule has 23 heteroatoms. The molecule has 3 aromatic heterocycles. The summed E-state index contributed by atoms with van der Waals surface area (Å²) in [6.45, 7) is 8.12. The monoisotopic (exact) mass is 1040 g/mol. The molecule has 2 aromatic carbocycles. The fourth-order valence-electron chi connectivity index (χ4n) is 8.64. The predicted molar refractivity (Wildman–Crippen MR) is 284 cm³/mol. The Morgan fingerprint density at radius 1 is 0.816 bits per heavy atom. The number of ether oxygens (including phenoxy) is 1. The maximum atomic E-state index is 13.7. The number of unbranched alkanes of at least 4 members (excludes halogenated alkanes) is 2. The number of urea groups is 2. The smallest absolute Gasteiger partial charge is 0.410 e. The number of aromatic nitrogens is 4. The minimum absolute atomic E-state index is 0.0178. The van der Waals surface area contributed by atoms with Crippen molar-refractivity contribution >= 4 is 76.0 Å². The van der Waals surface area contributed by atoms with E-state index in [1.54, 1.807) is 61.6 Å². The number of hydrogen-bond donors (Lipinski definition) is 8. The van der Waals surface area contributed by atoms with E-state index in [0.29, 0.717) is 92.3 Å². The van der Waals surface area contributed by atoms with Crippen LogP contribution in [-0.2, 0) is 35.3 Å². The van der Waals surface area contributed by atoms with E-state index in [1.807, 2.05) is 43.3 Å². The Bertz CT molecular complexity index is 2900. The molecule has 1 saturated heterocycles. The van der Waals surface area contributed by atoms with Crippen molar-refractivity contribution in [2.75, 3.05) is 61.3 Å². The molecule has 9 N–H and O–H groups in total. The highest BCUT2D eigenvalue weighted by molar-refractivity contribution is 6.12. The van der Waals surface area contributed by atoms with E-state index in [9.17, 15) is 38.4 Å². The fraction of sp³-hybridized carbons (Fsp3) is 0.377. The highest BCUT2D eigenvalue weighted by Gasteiger charge is 2.30. The second kappa shape index (κ2) is 26.4. The van der Waals surface area contributed by atoms with Gasteiger partial charge >= 0.3 is 18.2 Å². The number of primary amides is 1. The lowest BCUT2D eigenvalue weighted by Gasteiger charge is -2.35. The van der Waals surface area contributed by atoms with E-state index < -0.39 is 36.0 Å². The molecule has 2 aliphatic heterocycles. The first-order valence-corrected chi connectivity index (χ1v) is 25.3. The predicted octanol–water partition coefficient (Wildman–Crippen LogP) is 4.79. The summed E-state index contributed by atoms with van der Waals surface area (Å²) in [5.41, 5.74) is 11.8. The molecule has 0 spiro atoms. The van der Waals surface area contributed by atoms with Gasteiger partial charge in [0.1, 0.15) is 18.7 Å². The third kappa shape index (κ3) is 15.1. The lowest BCUT2D eigenvalue weighted by atomic mass is 10.0.